The fourth-order valence-corrected chi connectivity index (χ4v) is 3.92. The molecule has 0 aromatic heterocycles. The summed E-state index contributed by atoms with van der Waals surface area (Å²) in [7, 11) is 1.45. The number of carbonyl (C=O) groups is 1. The molecular formula is C19H26FNO5. The van der Waals surface area contributed by atoms with Crippen LogP contribution in [0.4, 0.5) is 9.18 Å². The molecule has 2 bridgehead atoms. The van der Waals surface area contributed by atoms with Gasteiger partial charge < -0.3 is 19.3 Å². The maximum absolute atomic E-state index is 14.5. The van der Waals surface area contributed by atoms with Crippen molar-refractivity contribution in [3.8, 4) is 5.75 Å². The van der Waals surface area contributed by atoms with Gasteiger partial charge in [-0.3, -0.25) is 4.90 Å². The SMILES string of the molecule is COc1cccc(F)c1C1(O)CC2COCC(C1)N2C(=O)OC(C)(C)C. The van der Waals surface area contributed by atoms with Crippen molar-refractivity contribution >= 4 is 6.09 Å². The molecule has 0 aliphatic carbocycles. The Bertz CT molecular complexity index is 673. The summed E-state index contributed by atoms with van der Waals surface area (Å²) in [5, 5.41) is 11.3. The highest BCUT2D eigenvalue weighted by molar-refractivity contribution is 5.69. The summed E-state index contributed by atoms with van der Waals surface area (Å²) in [6.07, 6.45) is -0.126. The Morgan fingerprint density at radius 3 is 2.46 bits per heavy atom. The lowest BCUT2D eigenvalue weighted by Gasteiger charge is -2.51. The molecule has 2 heterocycles. The highest BCUT2D eigenvalue weighted by Crippen LogP contribution is 2.45. The molecule has 26 heavy (non-hydrogen) atoms. The number of nitrogens with zero attached hydrogens (tertiary/aromatic N) is 1. The summed E-state index contributed by atoms with van der Waals surface area (Å²) in [5.41, 5.74) is -1.91. The van der Waals surface area contributed by atoms with E-state index in [1.165, 1.54) is 13.2 Å². The van der Waals surface area contributed by atoms with Gasteiger partial charge in [0, 0.05) is 12.8 Å². The molecule has 1 aromatic carbocycles. The van der Waals surface area contributed by atoms with Crippen LogP contribution in [0.15, 0.2) is 18.2 Å². The fraction of sp³-hybridized carbons (Fsp3) is 0.632. The van der Waals surface area contributed by atoms with Crippen LogP contribution in [0.5, 0.6) is 5.75 Å². The van der Waals surface area contributed by atoms with E-state index in [1.54, 1.807) is 17.0 Å². The van der Waals surface area contributed by atoms with Gasteiger partial charge in [0.05, 0.1) is 38.0 Å². The van der Waals surface area contributed by atoms with Gasteiger partial charge in [0.25, 0.3) is 0 Å². The van der Waals surface area contributed by atoms with E-state index in [1.807, 2.05) is 20.8 Å². The first-order valence-electron chi connectivity index (χ1n) is 8.79. The fourth-order valence-electron chi connectivity index (χ4n) is 3.92. The molecule has 1 amide bonds. The topological polar surface area (TPSA) is 68.2 Å². The van der Waals surface area contributed by atoms with E-state index in [0.29, 0.717) is 5.75 Å². The molecule has 2 saturated heterocycles. The van der Waals surface area contributed by atoms with Gasteiger partial charge in [-0.25, -0.2) is 9.18 Å². The van der Waals surface area contributed by atoms with Gasteiger partial charge >= 0.3 is 6.09 Å². The number of ether oxygens (including phenoxy) is 3. The van der Waals surface area contributed by atoms with Crippen LogP contribution >= 0.6 is 0 Å². The van der Waals surface area contributed by atoms with Gasteiger partial charge in [0.1, 0.15) is 22.8 Å². The molecule has 0 radical (unpaired) electrons. The predicted octanol–water partition coefficient (Wildman–Crippen LogP) is 2.82. The molecule has 2 fully saturated rings. The first-order chi connectivity index (χ1) is 12.1. The van der Waals surface area contributed by atoms with Crippen LogP contribution in [0.25, 0.3) is 0 Å². The summed E-state index contributed by atoms with van der Waals surface area (Å²) in [4.78, 5) is 14.3. The van der Waals surface area contributed by atoms with Crippen LogP contribution in [-0.2, 0) is 15.1 Å². The lowest BCUT2D eigenvalue weighted by molar-refractivity contribution is -0.142. The number of amides is 1. The van der Waals surface area contributed by atoms with E-state index >= 15 is 0 Å². The van der Waals surface area contributed by atoms with Crippen LogP contribution in [-0.4, -0.2) is 54.1 Å². The van der Waals surface area contributed by atoms with Crippen molar-refractivity contribution in [3.05, 3.63) is 29.6 Å². The number of benzene rings is 1. The van der Waals surface area contributed by atoms with Gasteiger partial charge in [-0.05, 0) is 32.9 Å². The van der Waals surface area contributed by atoms with Gasteiger partial charge in [0.15, 0.2) is 0 Å². The van der Waals surface area contributed by atoms with Crippen LogP contribution in [0, 0.1) is 5.82 Å². The maximum atomic E-state index is 14.5. The second-order valence-corrected chi connectivity index (χ2v) is 7.99. The molecule has 0 spiro atoms. The average molecular weight is 367 g/mol. The third kappa shape index (κ3) is 3.50. The quantitative estimate of drug-likeness (QED) is 0.871. The molecule has 0 saturated carbocycles. The zero-order valence-electron chi connectivity index (χ0n) is 15.6. The average Bonchev–Trinajstić information content (AvgIpc) is 2.51. The molecule has 1 N–H and O–H groups in total. The number of hydrogen-bond acceptors (Lipinski definition) is 5. The highest BCUT2D eigenvalue weighted by Gasteiger charge is 2.51. The Kier molecular flexibility index (Phi) is 4.88. The zero-order valence-corrected chi connectivity index (χ0v) is 15.6. The predicted molar refractivity (Wildman–Crippen MR) is 92.6 cm³/mol. The van der Waals surface area contributed by atoms with Crippen LogP contribution in [0.1, 0.15) is 39.2 Å². The Labute approximate surface area is 152 Å². The summed E-state index contributed by atoms with van der Waals surface area (Å²) in [6.45, 7) is 5.97. The van der Waals surface area contributed by atoms with Crippen LogP contribution in [0.3, 0.4) is 0 Å². The van der Waals surface area contributed by atoms with Gasteiger partial charge in [-0.2, -0.15) is 0 Å². The minimum Gasteiger partial charge on any atom is -0.496 e. The van der Waals surface area contributed by atoms with E-state index in [9.17, 15) is 14.3 Å². The molecule has 144 valence electrons. The van der Waals surface area contributed by atoms with Crippen molar-refractivity contribution in [3.63, 3.8) is 0 Å². The molecule has 2 aliphatic heterocycles. The molecule has 3 rings (SSSR count). The monoisotopic (exact) mass is 367 g/mol. The number of carbonyl (C=O) groups excluding carboxylic acids is 1. The number of fused-ring (bicyclic) bond motifs is 2. The van der Waals surface area contributed by atoms with Gasteiger partial charge in [-0.15, -0.1) is 0 Å². The molecule has 6 nitrogen and oxygen atoms in total. The zero-order chi connectivity index (χ0) is 19.1. The Balaban J connectivity index is 1.91. The lowest BCUT2D eigenvalue weighted by Crippen LogP contribution is -2.63. The second-order valence-electron chi connectivity index (χ2n) is 7.99. The maximum Gasteiger partial charge on any atom is 0.410 e. The molecule has 1 aromatic rings. The minimum absolute atomic E-state index is 0.142. The normalized spacial score (nSPS) is 28.6. The Hall–Kier alpha value is -1.86. The molecular weight excluding hydrogens is 341 g/mol. The lowest BCUT2D eigenvalue weighted by atomic mass is 9.76. The standard InChI is InChI=1S/C19H26FNO5/c1-18(2,3)26-17(22)21-12-8-19(23,9-13(21)11-25-10-12)16-14(20)6-5-7-15(16)24-4/h5-7,12-13,23H,8-11H2,1-4H3. The minimum atomic E-state index is -1.44. The number of aliphatic hydroxyl groups is 1. The Morgan fingerprint density at radius 2 is 1.92 bits per heavy atom. The van der Waals surface area contributed by atoms with E-state index in [2.05, 4.69) is 0 Å². The largest absolute Gasteiger partial charge is 0.496 e. The third-order valence-corrected chi connectivity index (χ3v) is 4.82. The first-order valence-corrected chi connectivity index (χ1v) is 8.79. The summed E-state index contributed by atoms with van der Waals surface area (Å²) >= 11 is 0. The van der Waals surface area contributed by atoms with Crippen molar-refractivity contribution in [2.45, 2.75) is 56.9 Å². The summed E-state index contributed by atoms with van der Waals surface area (Å²) in [5.74, 6) is -0.214. The van der Waals surface area contributed by atoms with Gasteiger partial charge in [0.2, 0.25) is 0 Å². The Morgan fingerprint density at radius 1 is 1.31 bits per heavy atom. The van der Waals surface area contributed by atoms with Crippen LogP contribution < -0.4 is 4.74 Å². The number of rotatable bonds is 2. The van der Waals surface area contributed by atoms with Crippen LogP contribution in [0.2, 0.25) is 0 Å². The highest BCUT2D eigenvalue weighted by atomic mass is 19.1. The number of piperidine rings is 1. The van der Waals surface area contributed by atoms with E-state index < -0.39 is 35.2 Å². The summed E-state index contributed by atoms with van der Waals surface area (Å²) < 4.78 is 30.9. The van der Waals surface area contributed by atoms with Gasteiger partial charge in [-0.1, -0.05) is 6.07 Å². The smallest absolute Gasteiger partial charge is 0.410 e. The number of hydrogen-bond donors (Lipinski definition) is 1. The number of morpholine rings is 1. The molecule has 2 atom stereocenters. The first kappa shape index (κ1) is 18.9. The van der Waals surface area contributed by atoms with Crippen molar-refractivity contribution in [1.82, 2.24) is 4.90 Å². The van der Waals surface area contributed by atoms with E-state index in [4.69, 9.17) is 14.2 Å². The second kappa shape index (κ2) is 6.70. The molecule has 2 aliphatic rings. The molecule has 7 heteroatoms. The third-order valence-electron chi connectivity index (χ3n) is 4.82. The number of halogens is 1. The molecule has 2 unspecified atom stereocenters. The van der Waals surface area contributed by atoms with E-state index in [0.717, 1.165) is 0 Å². The van der Waals surface area contributed by atoms with Crippen molar-refractivity contribution in [1.29, 1.82) is 0 Å². The van der Waals surface area contributed by atoms with E-state index in [-0.39, 0.29) is 31.6 Å². The summed E-state index contributed by atoms with van der Waals surface area (Å²) in [6, 6.07) is 3.68. The van der Waals surface area contributed by atoms with Crippen molar-refractivity contribution < 1.29 is 28.5 Å². The van der Waals surface area contributed by atoms with Crippen molar-refractivity contribution in [2.75, 3.05) is 20.3 Å². The van der Waals surface area contributed by atoms with Crippen molar-refractivity contribution in [2.24, 2.45) is 0 Å². The number of methoxy groups -OCH3 is 1.